The maximum absolute atomic E-state index is 2.56. The van der Waals surface area contributed by atoms with Crippen LogP contribution in [0.25, 0.3) is 0 Å². The molecule has 88 valence electrons. The monoisotopic (exact) mass is 218 g/mol. The van der Waals surface area contributed by atoms with Crippen LogP contribution in [0, 0.1) is 0 Å². The number of benzene rings is 1. The summed E-state index contributed by atoms with van der Waals surface area (Å²) in [6.45, 7) is 5.70. The van der Waals surface area contributed by atoms with Crippen LogP contribution in [0.5, 0.6) is 0 Å². The average molecular weight is 218 g/mol. The van der Waals surface area contributed by atoms with E-state index in [4.69, 9.17) is 0 Å². The fraction of sp³-hybridized carbons (Fsp3) is 0.571. The van der Waals surface area contributed by atoms with Crippen LogP contribution in [-0.2, 0) is 6.42 Å². The third-order valence-corrected chi connectivity index (χ3v) is 3.25. The minimum absolute atomic E-state index is 0.577. The lowest BCUT2D eigenvalue weighted by Crippen LogP contribution is -2.43. The summed E-state index contributed by atoms with van der Waals surface area (Å²) in [5, 5.41) is 0. The average Bonchev–Trinajstić information content (AvgIpc) is 2.53. The van der Waals surface area contributed by atoms with Gasteiger partial charge in [-0.2, -0.15) is 0 Å². The van der Waals surface area contributed by atoms with Gasteiger partial charge in [-0.3, -0.25) is 0 Å². The second-order valence-corrected chi connectivity index (χ2v) is 5.25. The summed E-state index contributed by atoms with van der Waals surface area (Å²) in [7, 11) is 4.31. The molecule has 0 saturated carbocycles. The van der Waals surface area contributed by atoms with Gasteiger partial charge in [-0.1, -0.05) is 18.2 Å². The molecular weight excluding hydrogens is 196 g/mol. The van der Waals surface area contributed by atoms with Crippen LogP contribution >= 0.6 is 0 Å². The molecule has 1 atom stereocenters. The molecule has 2 heteroatoms. The number of anilines is 1. The van der Waals surface area contributed by atoms with E-state index >= 15 is 0 Å². The van der Waals surface area contributed by atoms with Gasteiger partial charge in [-0.25, -0.2) is 0 Å². The zero-order valence-corrected chi connectivity index (χ0v) is 10.8. The van der Waals surface area contributed by atoms with E-state index in [2.05, 4.69) is 62.0 Å². The van der Waals surface area contributed by atoms with Crippen molar-refractivity contribution in [1.82, 2.24) is 4.90 Å². The Morgan fingerprint density at radius 3 is 2.62 bits per heavy atom. The van der Waals surface area contributed by atoms with Crippen LogP contribution in [0.1, 0.15) is 19.4 Å². The molecule has 0 spiro atoms. The lowest BCUT2D eigenvalue weighted by molar-refractivity contribution is 0.359. The lowest BCUT2D eigenvalue weighted by Gasteiger charge is -2.33. The van der Waals surface area contributed by atoms with E-state index in [0.29, 0.717) is 12.1 Å². The van der Waals surface area contributed by atoms with E-state index in [1.165, 1.54) is 17.7 Å². The predicted octanol–water partition coefficient (Wildman–Crippen LogP) is 2.39. The standard InChI is InChI=1S/C14H22N2/c1-11(2)16-13(10-15(3)4)9-12-7-5-6-8-14(12)16/h5-8,11,13H,9-10H2,1-4H3. The van der Waals surface area contributed by atoms with Crippen LogP contribution in [0.15, 0.2) is 24.3 Å². The first kappa shape index (κ1) is 11.5. The number of para-hydroxylation sites is 1. The summed E-state index contributed by atoms with van der Waals surface area (Å²) in [4.78, 5) is 4.85. The van der Waals surface area contributed by atoms with Crippen molar-refractivity contribution in [3.05, 3.63) is 29.8 Å². The highest BCUT2D eigenvalue weighted by Crippen LogP contribution is 2.33. The van der Waals surface area contributed by atoms with Gasteiger partial charge in [0.2, 0.25) is 0 Å². The molecule has 1 unspecified atom stereocenters. The molecule has 0 aliphatic carbocycles. The molecule has 1 aliphatic rings. The molecule has 0 amide bonds. The van der Waals surface area contributed by atoms with Gasteiger partial charge in [-0.15, -0.1) is 0 Å². The maximum atomic E-state index is 2.56. The Hall–Kier alpha value is -1.02. The Balaban J connectivity index is 2.26. The van der Waals surface area contributed by atoms with Crippen LogP contribution < -0.4 is 4.90 Å². The summed E-state index contributed by atoms with van der Waals surface area (Å²) in [6.07, 6.45) is 1.19. The second-order valence-electron chi connectivity index (χ2n) is 5.25. The van der Waals surface area contributed by atoms with E-state index in [1.54, 1.807) is 0 Å². The Morgan fingerprint density at radius 1 is 1.31 bits per heavy atom. The first-order valence-corrected chi connectivity index (χ1v) is 6.10. The van der Waals surface area contributed by atoms with E-state index in [-0.39, 0.29) is 0 Å². The van der Waals surface area contributed by atoms with Gasteiger partial charge in [0.1, 0.15) is 0 Å². The highest BCUT2D eigenvalue weighted by atomic mass is 15.2. The number of hydrogen-bond donors (Lipinski definition) is 0. The Morgan fingerprint density at radius 2 is 2.00 bits per heavy atom. The predicted molar refractivity (Wildman–Crippen MR) is 70.1 cm³/mol. The normalized spacial score (nSPS) is 19.6. The first-order valence-electron chi connectivity index (χ1n) is 6.10. The van der Waals surface area contributed by atoms with Gasteiger partial charge in [-0.05, 0) is 46.0 Å². The van der Waals surface area contributed by atoms with Gasteiger partial charge >= 0.3 is 0 Å². The van der Waals surface area contributed by atoms with Crippen molar-refractivity contribution in [1.29, 1.82) is 0 Å². The van der Waals surface area contributed by atoms with Crippen molar-refractivity contribution < 1.29 is 0 Å². The minimum Gasteiger partial charge on any atom is -0.364 e. The van der Waals surface area contributed by atoms with Crippen molar-refractivity contribution in [2.45, 2.75) is 32.4 Å². The lowest BCUT2D eigenvalue weighted by atomic mass is 10.1. The third kappa shape index (κ3) is 2.07. The van der Waals surface area contributed by atoms with E-state index in [1.807, 2.05) is 0 Å². The van der Waals surface area contributed by atoms with Crippen molar-refractivity contribution in [2.24, 2.45) is 0 Å². The van der Waals surface area contributed by atoms with Crippen LogP contribution in [0.2, 0.25) is 0 Å². The molecule has 0 fully saturated rings. The Bertz CT molecular complexity index is 358. The van der Waals surface area contributed by atoms with Crippen LogP contribution in [0.4, 0.5) is 5.69 Å². The minimum atomic E-state index is 0.577. The molecule has 0 radical (unpaired) electrons. The molecule has 16 heavy (non-hydrogen) atoms. The fourth-order valence-corrected chi connectivity index (χ4v) is 2.76. The second kappa shape index (κ2) is 4.46. The quantitative estimate of drug-likeness (QED) is 0.768. The molecule has 1 aliphatic heterocycles. The molecule has 0 bridgehead atoms. The van der Waals surface area contributed by atoms with Gasteiger partial charge in [0.05, 0.1) is 0 Å². The van der Waals surface area contributed by atoms with Crippen molar-refractivity contribution >= 4 is 5.69 Å². The van der Waals surface area contributed by atoms with E-state index < -0.39 is 0 Å². The SMILES string of the molecule is CC(C)N1c2ccccc2CC1CN(C)C. The zero-order chi connectivity index (χ0) is 11.7. The summed E-state index contributed by atoms with van der Waals surface area (Å²) in [5.74, 6) is 0. The maximum Gasteiger partial charge on any atom is 0.0460 e. The molecule has 1 aromatic carbocycles. The van der Waals surface area contributed by atoms with Crippen molar-refractivity contribution in [2.75, 3.05) is 25.5 Å². The smallest absolute Gasteiger partial charge is 0.0460 e. The number of nitrogens with zero attached hydrogens (tertiary/aromatic N) is 2. The third-order valence-electron chi connectivity index (χ3n) is 3.25. The molecule has 0 aromatic heterocycles. The largest absolute Gasteiger partial charge is 0.364 e. The van der Waals surface area contributed by atoms with Gasteiger partial charge in [0, 0.05) is 24.3 Å². The highest BCUT2D eigenvalue weighted by molar-refractivity contribution is 5.60. The molecule has 0 N–H and O–H groups in total. The number of rotatable bonds is 3. The first-order chi connectivity index (χ1) is 7.59. The number of fused-ring (bicyclic) bond motifs is 1. The molecule has 2 rings (SSSR count). The van der Waals surface area contributed by atoms with E-state index in [0.717, 1.165) is 6.54 Å². The number of hydrogen-bond acceptors (Lipinski definition) is 2. The van der Waals surface area contributed by atoms with Gasteiger partial charge in [0.15, 0.2) is 0 Å². The topological polar surface area (TPSA) is 6.48 Å². The van der Waals surface area contributed by atoms with Gasteiger partial charge < -0.3 is 9.80 Å². The summed E-state index contributed by atoms with van der Waals surface area (Å²) in [5.41, 5.74) is 2.94. The summed E-state index contributed by atoms with van der Waals surface area (Å²) < 4.78 is 0. The molecular formula is C14H22N2. The number of likely N-dealkylation sites (N-methyl/N-ethyl adjacent to an activating group) is 1. The molecule has 1 heterocycles. The van der Waals surface area contributed by atoms with Crippen molar-refractivity contribution in [3.8, 4) is 0 Å². The molecule has 2 nitrogen and oxygen atoms in total. The zero-order valence-electron chi connectivity index (χ0n) is 10.8. The van der Waals surface area contributed by atoms with Crippen LogP contribution in [-0.4, -0.2) is 37.6 Å². The summed E-state index contributed by atoms with van der Waals surface area (Å²) >= 11 is 0. The Labute approximate surface area is 98.9 Å². The Kier molecular flexibility index (Phi) is 3.20. The summed E-state index contributed by atoms with van der Waals surface area (Å²) in [6, 6.07) is 10.0. The van der Waals surface area contributed by atoms with Gasteiger partial charge in [0.25, 0.3) is 0 Å². The molecule has 0 saturated heterocycles. The molecule has 1 aromatic rings. The highest BCUT2D eigenvalue weighted by Gasteiger charge is 2.30. The van der Waals surface area contributed by atoms with Crippen molar-refractivity contribution in [3.63, 3.8) is 0 Å². The van der Waals surface area contributed by atoms with E-state index in [9.17, 15) is 0 Å². The van der Waals surface area contributed by atoms with Crippen LogP contribution in [0.3, 0.4) is 0 Å². The fourth-order valence-electron chi connectivity index (χ4n) is 2.76.